The van der Waals surface area contributed by atoms with E-state index in [1.807, 2.05) is 29.2 Å². The zero-order chi connectivity index (χ0) is 16.2. The molecule has 0 spiro atoms. The van der Waals surface area contributed by atoms with Gasteiger partial charge < -0.3 is 10.2 Å². The minimum absolute atomic E-state index is 0.0125. The van der Waals surface area contributed by atoms with Gasteiger partial charge in [-0.15, -0.1) is 0 Å². The first-order chi connectivity index (χ1) is 11.2. The van der Waals surface area contributed by atoms with E-state index in [2.05, 4.69) is 16.5 Å². The predicted octanol–water partition coefficient (Wildman–Crippen LogP) is 2.01. The number of nitriles is 1. The van der Waals surface area contributed by atoms with Gasteiger partial charge in [0.25, 0.3) is 5.91 Å². The van der Waals surface area contributed by atoms with Gasteiger partial charge >= 0.3 is 0 Å². The Morgan fingerprint density at radius 3 is 2.70 bits per heavy atom. The van der Waals surface area contributed by atoms with E-state index in [0.29, 0.717) is 24.3 Å². The predicted molar refractivity (Wildman–Crippen MR) is 86.9 cm³/mol. The number of hydrogen-bond acceptors (Lipinski definition) is 4. The summed E-state index contributed by atoms with van der Waals surface area (Å²) in [6, 6.07) is 11.7. The summed E-state index contributed by atoms with van der Waals surface area (Å²) in [4.78, 5) is 14.2. The molecular formula is C17H19N5O. The van der Waals surface area contributed by atoms with Crippen LogP contribution in [-0.2, 0) is 7.05 Å². The van der Waals surface area contributed by atoms with Crippen molar-refractivity contribution in [1.82, 2.24) is 14.7 Å². The van der Waals surface area contributed by atoms with Crippen molar-refractivity contribution in [3.63, 3.8) is 0 Å². The highest BCUT2D eigenvalue weighted by Crippen LogP contribution is 2.20. The number of rotatable bonds is 3. The molecule has 2 heterocycles. The molecule has 118 valence electrons. The quantitative estimate of drug-likeness (QED) is 0.941. The molecule has 0 unspecified atom stereocenters. The summed E-state index contributed by atoms with van der Waals surface area (Å²) in [6.45, 7) is 1.39. The molecule has 0 atom stereocenters. The lowest BCUT2D eigenvalue weighted by molar-refractivity contribution is 0.0711. The maximum Gasteiger partial charge on any atom is 0.274 e. The molecule has 1 aromatic heterocycles. The van der Waals surface area contributed by atoms with Crippen LogP contribution < -0.4 is 5.32 Å². The zero-order valence-electron chi connectivity index (χ0n) is 13.1. The Morgan fingerprint density at radius 2 is 2.04 bits per heavy atom. The van der Waals surface area contributed by atoms with Gasteiger partial charge in [-0.05, 0) is 31.0 Å². The average Bonchev–Trinajstić information content (AvgIpc) is 3.02. The van der Waals surface area contributed by atoms with E-state index in [0.717, 1.165) is 18.5 Å². The number of hydrogen-bond donors (Lipinski definition) is 1. The molecule has 6 nitrogen and oxygen atoms in total. The van der Waals surface area contributed by atoms with Crippen molar-refractivity contribution in [3.8, 4) is 6.07 Å². The summed E-state index contributed by atoms with van der Waals surface area (Å²) in [5.41, 5.74) is 2.01. The first kappa shape index (κ1) is 15.1. The van der Waals surface area contributed by atoms with Crippen LogP contribution in [0.4, 0.5) is 5.69 Å². The highest BCUT2D eigenvalue weighted by atomic mass is 16.2. The van der Waals surface area contributed by atoms with Crippen molar-refractivity contribution in [2.45, 2.75) is 18.9 Å². The highest BCUT2D eigenvalue weighted by Gasteiger charge is 2.25. The normalized spacial score (nSPS) is 15.2. The second-order valence-corrected chi connectivity index (χ2v) is 5.74. The number of likely N-dealkylation sites (tertiary alicyclic amines) is 1. The van der Waals surface area contributed by atoms with Crippen LogP contribution in [0.5, 0.6) is 0 Å². The fourth-order valence-corrected chi connectivity index (χ4v) is 2.84. The van der Waals surface area contributed by atoms with Crippen molar-refractivity contribution in [1.29, 1.82) is 5.26 Å². The molecule has 2 aromatic rings. The lowest BCUT2D eigenvalue weighted by atomic mass is 10.0. The summed E-state index contributed by atoms with van der Waals surface area (Å²) in [7, 11) is 1.81. The van der Waals surface area contributed by atoms with Gasteiger partial charge in [0, 0.05) is 32.4 Å². The molecule has 1 aromatic carbocycles. The Morgan fingerprint density at radius 1 is 1.30 bits per heavy atom. The van der Waals surface area contributed by atoms with Crippen LogP contribution >= 0.6 is 0 Å². The molecule has 0 saturated carbocycles. The third-order valence-electron chi connectivity index (χ3n) is 4.12. The number of aromatic nitrogens is 2. The van der Waals surface area contributed by atoms with Crippen LogP contribution in [0.15, 0.2) is 36.5 Å². The van der Waals surface area contributed by atoms with Crippen LogP contribution in [-0.4, -0.2) is 39.7 Å². The van der Waals surface area contributed by atoms with Crippen LogP contribution in [0.3, 0.4) is 0 Å². The number of benzene rings is 1. The SMILES string of the molecule is Cn1ccc(C(=O)N2CCC(Nc3ccccc3C#N)CC2)n1. The molecule has 0 aliphatic carbocycles. The molecule has 1 aliphatic rings. The number of carbonyl (C=O) groups is 1. The van der Waals surface area contributed by atoms with Crippen LogP contribution in [0, 0.1) is 11.3 Å². The Hall–Kier alpha value is -2.81. The molecule has 1 amide bonds. The Balaban J connectivity index is 1.58. The summed E-state index contributed by atoms with van der Waals surface area (Å²) in [5.74, 6) is -0.0125. The largest absolute Gasteiger partial charge is 0.381 e. The Kier molecular flexibility index (Phi) is 4.29. The van der Waals surface area contributed by atoms with E-state index < -0.39 is 0 Å². The van der Waals surface area contributed by atoms with Gasteiger partial charge in [-0.3, -0.25) is 9.48 Å². The second-order valence-electron chi connectivity index (χ2n) is 5.74. The van der Waals surface area contributed by atoms with E-state index in [1.54, 1.807) is 24.0 Å². The smallest absolute Gasteiger partial charge is 0.274 e. The van der Waals surface area contributed by atoms with Crippen molar-refractivity contribution in [3.05, 3.63) is 47.8 Å². The van der Waals surface area contributed by atoms with Gasteiger partial charge in [-0.25, -0.2) is 0 Å². The number of carbonyl (C=O) groups excluding carboxylic acids is 1. The van der Waals surface area contributed by atoms with Gasteiger partial charge in [0.15, 0.2) is 0 Å². The molecule has 6 heteroatoms. The molecule has 1 saturated heterocycles. The van der Waals surface area contributed by atoms with Crippen molar-refractivity contribution < 1.29 is 4.79 Å². The van der Waals surface area contributed by atoms with E-state index in [-0.39, 0.29) is 11.9 Å². The van der Waals surface area contributed by atoms with Crippen LogP contribution in [0.2, 0.25) is 0 Å². The molecular weight excluding hydrogens is 290 g/mol. The number of aryl methyl sites for hydroxylation is 1. The van der Waals surface area contributed by atoms with E-state index >= 15 is 0 Å². The highest BCUT2D eigenvalue weighted by molar-refractivity contribution is 5.92. The molecule has 0 radical (unpaired) electrons. The van der Waals surface area contributed by atoms with E-state index in [1.165, 1.54) is 0 Å². The first-order valence-corrected chi connectivity index (χ1v) is 7.72. The van der Waals surface area contributed by atoms with Crippen molar-refractivity contribution in [2.24, 2.45) is 7.05 Å². The fraction of sp³-hybridized carbons (Fsp3) is 0.353. The first-order valence-electron chi connectivity index (χ1n) is 7.72. The van der Waals surface area contributed by atoms with Gasteiger partial charge in [0.1, 0.15) is 11.8 Å². The lowest BCUT2D eigenvalue weighted by Gasteiger charge is -2.32. The molecule has 1 aliphatic heterocycles. The summed E-state index contributed by atoms with van der Waals surface area (Å²) < 4.78 is 1.64. The maximum absolute atomic E-state index is 12.4. The number of anilines is 1. The fourth-order valence-electron chi connectivity index (χ4n) is 2.84. The number of para-hydroxylation sites is 1. The van der Waals surface area contributed by atoms with E-state index in [9.17, 15) is 4.79 Å². The number of piperidine rings is 1. The lowest BCUT2D eigenvalue weighted by Crippen LogP contribution is -2.42. The average molecular weight is 309 g/mol. The van der Waals surface area contributed by atoms with E-state index in [4.69, 9.17) is 5.26 Å². The van der Waals surface area contributed by atoms with Gasteiger partial charge in [-0.1, -0.05) is 12.1 Å². The maximum atomic E-state index is 12.4. The topological polar surface area (TPSA) is 74.0 Å². The monoisotopic (exact) mass is 309 g/mol. The number of amides is 1. The van der Waals surface area contributed by atoms with Gasteiger partial charge in [-0.2, -0.15) is 10.4 Å². The molecule has 3 rings (SSSR count). The molecule has 0 bridgehead atoms. The number of nitrogens with zero attached hydrogens (tertiary/aromatic N) is 4. The van der Waals surface area contributed by atoms with Gasteiger partial charge in [0.2, 0.25) is 0 Å². The van der Waals surface area contributed by atoms with Crippen LogP contribution in [0.25, 0.3) is 0 Å². The summed E-state index contributed by atoms with van der Waals surface area (Å²) in [5, 5.41) is 16.7. The van der Waals surface area contributed by atoms with Crippen LogP contribution in [0.1, 0.15) is 28.9 Å². The van der Waals surface area contributed by atoms with Crippen molar-refractivity contribution in [2.75, 3.05) is 18.4 Å². The molecule has 1 fully saturated rings. The third-order valence-corrected chi connectivity index (χ3v) is 4.12. The minimum Gasteiger partial charge on any atom is -0.381 e. The van der Waals surface area contributed by atoms with Crippen molar-refractivity contribution >= 4 is 11.6 Å². The second kappa shape index (κ2) is 6.53. The van der Waals surface area contributed by atoms with Gasteiger partial charge in [0.05, 0.1) is 11.3 Å². The summed E-state index contributed by atoms with van der Waals surface area (Å²) >= 11 is 0. The number of nitrogens with one attached hydrogen (secondary N) is 1. The standard InChI is InChI=1S/C17H19N5O/c1-21-9-8-16(20-21)17(23)22-10-6-14(7-11-22)19-15-5-3-2-4-13(15)12-18/h2-5,8-9,14,19H,6-7,10-11H2,1H3. The Bertz CT molecular complexity index is 737. The minimum atomic E-state index is -0.0125. The summed E-state index contributed by atoms with van der Waals surface area (Å²) in [6.07, 6.45) is 3.50. The third kappa shape index (κ3) is 3.34. The molecule has 1 N–H and O–H groups in total. The molecule has 23 heavy (non-hydrogen) atoms. The zero-order valence-corrected chi connectivity index (χ0v) is 13.1. The Labute approximate surface area is 135 Å².